The third-order valence-electron chi connectivity index (χ3n) is 4.87. The molecule has 0 aliphatic carbocycles. The number of hydrogen-bond donors (Lipinski definition) is 1. The van der Waals surface area contributed by atoms with Crippen LogP contribution in [0.25, 0.3) is 0 Å². The van der Waals surface area contributed by atoms with Gasteiger partial charge in [0.15, 0.2) is 0 Å². The topological polar surface area (TPSA) is 59.4 Å². The molecule has 140 valence electrons. The SMILES string of the molecule is COCC(C)N1CCC(n2nccc2NC(=O)c2cccc(F)c2)CC1. The van der Waals surface area contributed by atoms with Gasteiger partial charge in [-0.1, -0.05) is 6.07 Å². The molecule has 0 saturated carbocycles. The highest BCUT2D eigenvalue weighted by Crippen LogP contribution is 2.26. The number of hydrogen-bond acceptors (Lipinski definition) is 4. The van der Waals surface area contributed by atoms with Crippen molar-refractivity contribution in [2.75, 3.05) is 32.1 Å². The first-order valence-electron chi connectivity index (χ1n) is 8.92. The number of rotatable bonds is 6. The molecule has 1 amide bonds. The summed E-state index contributed by atoms with van der Waals surface area (Å²) in [4.78, 5) is 14.8. The molecular formula is C19H25FN4O2. The van der Waals surface area contributed by atoms with Gasteiger partial charge >= 0.3 is 0 Å². The molecule has 1 fully saturated rings. The Balaban J connectivity index is 1.63. The number of anilines is 1. The number of halogens is 1. The predicted octanol–water partition coefficient (Wildman–Crippen LogP) is 2.95. The second kappa shape index (κ2) is 8.42. The number of piperidine rings is 1. The zero-order chi connectivity index (χ0) is 18.5. The van der Waals surface area contributed by atoms with Crippen molar-refractivity contribution >= 4 is 11.7 Å². The molecule has 2 aromatic rings. The molecule has 26 heavy (non-hydrogen) atoms. The lowest BCUT2D eigenvalue weighted by molar-refractivity contribution is 0.0736. The molecule has 6 nitrogen and oxygen atoms in total. The molecule has 0 bridgehead atoms. The van der Waals surface area contributed by atoms with Crippen LogP contribution in [0.15, 0.2) is 36.5 Å². The van der Waals surface area contributed by atoms with Gasteiger partial charge in [0.2, 0.25) is 0 Å². The molecule has 3 rings (SSSR count). The maximum absolute atomic E-state index is 13.3. The molecule has 1 aromatic heterocycles. The molecule has 1 atom stereocenters. The molecule has 1 saturated heterocycles. The van der Waals surface area contributed by atoms with E-state index in [-0.39, 0.29) is 11.9 Å². The number of methoxy groups -OCH3 is 1. The van der Waals surface area contributed by atoms with Crippen LogP contribution in [0.3, 0.4) is 0 Å². The van der Waals surface area contributed by atoms with Crippen molar-refractivity contribution < 1.29 is 13.9 Å². The van der Waals surface area contributed by atoms with Crippen LogP contribution >= 0.6 is 0 Å². The minimum absolute atomic E-state index is 0.235. The number of carbonyl (C=O) groups excluding carboxylic acids is 1. The van der Waals surface area contributed by atoms with Gasteiger partial charge in [-0.3, -0.25) is 9.69 Å². The molecule has 0 radical (unpaired) electrons. The summed E-state index contributed by atoms with van der Waals surface area (Å²) in [7, 11) is 1.72. The Hall–Kier alpha value is -2.25. The van der Waals surface area contributed by atoms with Gasteiger partial charge in [0.25, 0.3) is 5.91 Å². The number of nitrogens with zero attached hydrogens (tertiary/aromatic N) is 3. The third-order valence-corrected chi connectivity index (χ3v) is 4.87. The van der Waals surface area contributed by atoms with E-state index in [9.17, 15) is 9.18 Å². The van der Waals surface area contributed by atoms with Crippen molar-refractivity contribution in [1.29, 1.82) is 0 Å². The lowest BCUT2D eigenvalue weighted by atomic mass is 10.0. The smallest absolute Gasteiger partial charge is 0.256 e. The van der Waals surface area contributed by atoms with Crippen LogP contribution in [0.1, 0.15) is 36.2 Å². The highest BCUT2D eigenvalue weighted by molar-refractivity contribution is 6.03. The Bertz CT molecular complexity index is 741. The van der Waals surface area contributed by atoms with E-state index in [2.05, 4.69) is 22.2 Å². The van der Waals surface area contributed by atoms with E-state index in [1.165, 1.54) is 18.2 Å². The first-order valence-corrected chi connectivity index (χ1v) is 8.92. The molecule has 1 aliphatic rings. The molecule has 1 aromatic carbocycles. The van der Waals surface area contributed by atoms with Crippen LogP contribution in [0.4, 0.5) is 10.2 Å². The molecule has 2 heterocycles. The van der Waals surface area contributed by atoms with Gasteiger partial charge in [0.1, 0.15) is 11.6 Å². The highest BCUT2D eigenvalue weighted by atomic mass is 19.1. The Morgan fingerprint density at radius 1 is 1.38 bits per heavy atom. The molecule has 1 N–H and O–H groups in total. The van der Waals surface area contributed by atoms with Crippen molar-refractivity contribution in [2.45, 2.75) is 31.8 Å². The minimum Gasteiger partial charge on any atom is -0.383 e. The Morgan fingerprint density at radius 2 is 2.15 bits per heavy atom. The molecule has 0 spiro atoms. The summed E-state index contributed by atoms with van der Waals surface area (Å²) < 4.78 is 20.4. The van der Waals surface area contributed by atoms with Gasteiger partial charge in [-0.15, -0.1) is 0 Å². The van der Waals surface area contributed by atoms with Gasteiger partial charge < -0.3 is 10.1 Å². The first-order chi connectivity index (χ1) is 12.6. The Labute approximate surface area is 152 Å². The average molecular weight is 360 g/mol. The summed E-state index contributed by atoms with van der Waals surface area (Å²) in [6.45, 7) is 4.82. The Morgan fingerprint density at radius 3 is 2.85 bits per heavy atom. The fraction of sp³-hybridized carbons (Fsp3) is 0.474. The van der Waals surface area contributed by atoms with Gasteiger partial charge in [-0.2, -0.15) is 5.10 Å². The molecule has 1 unspecified atom stereocenters. The highest BCUT2D eigenvalue weighted by Gasteiger charge is 2.25. The summed E-state index contributed by atoms with van der Waals surface area (Å²) in [6, 6.07) is 8.07. The van der Waals surface area contributed by atoms with Crippen LogP contribution in [0.2, 0.25) is 0 Å². The quantitative estimate of drug-likeness (QED) is 0.860. The fourth-order valence-corrected chi connectivity index (χ4v) is 3.44. The van der Waals surface area contributed by atoms with E-state index in [0.29, 0.717) is 17.4 Å². The average Bonchev–Trinajstić information content (AvgIpc) is 3.10. The van der Waals surface area contributed by atoms with Crippen molar-refractivity contribution in [2.24, 2.45) is 0 Å². The number of nitrogens with one attached hydrogen (secondary N) is 1. The predicted molar refractivity (Wildman–Crippen MR) is 97.8 cm³/mol. The number of carbonyl (C=O) groups is 1. The van der Waals surface area contributed by atoms with Gasteiger partial charge in [0.05, 0.1) is 18.8 Å². The maximum atomic E-state index is 13.3. The summed E-state index contributed by atoms with van der Waals surface area (Å²) in [5.41, 5.74) is 0.293. The van der Waals surface area contributed by atoms with Crippen molar-refractivity contribution in [3.63, 3.8) is 0 Å². The summed E-state index contributed by atoms with van der Waals surface area (Å²) in [5.74, 6) is -0.122. The lowest BCUT2D eigenvalue weighted by Gasteiger charge is -2.36. The van der Waals surface area contributed by atoms with Crippen molar-refractivity contribution in [1.82, 2.24) is 14.7 Å². The maximum Gasteiger partial charge on any atom is 0.256 e. The van der Waals surface area contributed by atoms with Gasteiger partial charge in [0, 0.05) is 37.9 Å². The summed E-state index contributed by atoms with van der Waals surface area (Å²) in [5, 5.41) is 7.24. The fourth-order valence-electron chi connectivity index (χ4n) is 3.44. The monoisotopic (exact) mass is 360 g/mol. The summed E-state index contributed by atoms with van der Waals surface area (Å²) in [6.07, 6.45) is 3.60. The van der Waals surface area contributed by atoms with E-state index < -0.39 is 5.82 Å². The largest absolute Gasteiger partial charge is 0.383 e. The van der Waals surface area contributed by atoms with Crippen LogP contribution in [-0.4, -0.2) is 53.4 Å². The van der Waals surface area contributed by atoms with Crippen molar-refractivity contribution in [3.05, 3.63) is 47.9 Å². The second-order valence-corrected chi connectivity index (χ2v) is 6.70. The summed E-state index contributed by atoms with van der Waals surface area (Å²) >= 11 is 0. The number of benzene rings is 1. The first kappa shape index (κ1) is 18.5. The molecule has 1 aliphatic heterocycles. The lowest BCUT2D eigenvalue weighted by Crippen LogP contribution is -2.42. The number of likely N-dealkylation sites (tertiary alicyclic amines) is 1. The van der Waals surface area contributed by atoms with E-state index in [0.717, 1.165) is 32.5 Å². The number of amides is 1. The van der Waals surface area contributed by atoms with Crippen LogP contribution < -0.4 is 5.32 Å². The second-order valence-electron chi connectivity index (χ2n) is 6.70. The van der Waals surface area contributed by atoms with E-state index >= 15 is 0 Å². The van der Waals surface area contributed by atoms with Crippen LogP contribution in [0, 0.1) is 5.82 Å². The standard InChI is InChI=1S/C19H25FN4O2/c1-14(13-26-2)23-10-7-17(8-11-23)24-18(6-9-21-24)22-19(25)15-4-3-5-16(20)12-15/h3-6,9,12,14,17H,7-8,10-11,13H2,1-2H3,(H,22,25). The minimum atomic E-state index is -0.427. The zero-order valence-corrected chi connectivity index (χ0v) is 15.2. The molecule has 7 heteroatoms. The molecular weight excluding hydrogens is 335 g/mol. The third kappa shape index (κ3) is 4.28. The Kier molecular flexibility index (Phi) is 6.00. The number of ether oxygens (including phenoxy) is 1. The van der Waals surface area contributed by atoms with Crippen LogP contribution in [0.5, 0.6) is 0 Å². The van der Waals surface area contributed by atoms with Crippen molar-refractivity contribution in [3.8, 4) is 0 Å². The van der Waals surface area contributed by atoms with Gasteiger partial charge in [-0.05, 0) is 38.0 Å². The van der Waals surface area contributed by atoms with E-state index in [1.54, 1.807) is 25.4 Å². The van der Waals surface area contributed by atoms with E-state index in [4.69, 9.17) is 4.74 Å². The normalized spacial score (nSPS) is 17.2. The van der Waals surface area contributed by atoms with Crippen LogP contribution in [-0.2, 0) is 4.74 Å². The zero-order valence-electron chi connectivity index (χ0n) is 15.2. The van der Waals surface area contributed by atoms with E-state index in [1.807, 2.05) is 4.68 Å². The van der Waals surface area contributed by atoms with Gasteiger partial charge in [-0.25, -0.2) is 9.07 Å². The number of aromatic nitrogens is 2.